The van der Waals surface area contributed by atoms with Crippen LogP contribution in [0.1, 0.15) is 0 Å². The van der Waals surface area contributed by atoms with Gasteiger partial charge in [-0.1, -0.05) is 103 Å². The number of rotatable bonds is 4. The minimum Gasteiger partial charge on any atom is -0.456 e. The van der Waals surface area contributed by atoms with Crippen LogP contribution in [0.4, 0.5) is 17.1 Å². The summed E-state index contributed by atoms with van der Waals surface area (Å²) in [5.74, 6) is 0. The van der Waals surface area contributed by atoms with Gasteiger partial charge >= 0.3 is 0 Å². The van der Waals surface area contributed by atoms with Crippen LogP contribution in [0.25, 0.3) is 80.4 Å². The molecule has 0 radical (unpaired) electrons. The molecule has 8 aromatic carbocycles. The fourth-order valence-electron chi connectivity index (χ4n) is 8.06. The lowest BCUT2D eigenvalue weighted by Gasteiger charge is -2.28. The van der Waals surface area contributed by atoms with Crippen LogP contribution >= 0.6 is 11.3 Å². The minimum atomic E-state index is 0.880. The second-order valence-corrected chi connectivity index (χ2v) is 14.0. The van der Waals surface area contributed by atoms with Gasteiger partial charge in [-0.05, 0) is 66.0 Å². The number of anilines is 3. The van der Waals surface area contributed by atoms with Crippen LogP contribution in [-0.4, -0.2) is 4.57 Å². The van der Waals surface area contributed by atoms with Gasteiger partial charge in [0.2, 0.25) is 0 Å². The zero-order valence-electron chi connectivity index (χ0n) is 26.9. The first-order valence-corrected chi connectivity index (χ1v) is 17.8. The lowest BCUT2D eigenvalue weighted by atomic mass is 10.00. The van der Waals surface area contributed by atoms with Crippen molar-refractivity contribution < 1.29 is 4.42 Å². The van der Waals surface area contributed by atoms with Crippen molar-refractivity contribution in [1.29, 1.82) is 0 Å². The molecule has 4 heteroatoms. The van der Waals surface area contributed by atoms with Gasteiger partial charge in [0, 0.05) is 64.5 Å². The number of hydrogen-bond donors (Lipinski definition) is 0. The Balaban J connectivity index is 1.29. The molecule has 0 saturated heterocycles. The van der Waals surface area contributed by atoms with Crippen LogP contribution in [0.5, 0.6) is 0 Å². The van der Waals surface area contributed by atoms with E-state index in [0.717, 1.165) is 50.2 Å². The molecule has 234 valence electrons. The second-order valence-electron chi connectivity index (χ2n) is 12.9. The number of para-hydroxylation sites is 3. The molecule has 0 atom stereocenters. The molecule has 11 aromatic rings. The van der Waals surface area contributed by atoms with E-state index in [1.807, 2.05) is 17.4 Å². The summed E-state index contributed by atoms with van der Waals surface area (Å²) in [5, 5.41) is 9.60. The number of nitrogens with zero attached hydrogens (tertiary/aromatic N) is 2. The highest BCUT2D eigenvalue weighted by Gasteiger charge is 2.24. The first-order chi connectivity index (χ1) is 24.8. The van der Waals surface area contributed by atoms with Gasteiger partial charge < -0.3 is 13.9 Å². The standard InChI is InChI=1S/C46H28N2OS/c1-2-13-29(14-3-1)47-37-20-9-6-18-34(37)46-38(47)21-12-22-39(46)48(30-25-26-44-36(27-30)32-16-8-11-24-43(32)50-44)40-28-42-45(33-17-5-4-15-31(33)40)35-19-7-10-23-41(35)49-42/h1-28H. The van der Waals surface area contributed by atoms with Gasteiger partial charge in [0.05, 0.1) is 22.4 Å². The zero-order valence-corrected chi connectivity index (χ0v) is 27.7. The molecule has 0 aliphatic carbocycles. The predicted octanol–water partition coefficient (Wildman–Crippen LogP) is 13.7. The molecule has 3 heterocycles. The Bertz CT molecular complexity index is 3110. The maximum Gasteiger partial charge on any atom is 0.138 e. The summed E-state index contributed by atoms with van der Waals surface area (Å²) >= 11 is 1.85. The van der Waals surface area contributed by atoms with E-state index in [1.54, 1.807) is 0 Å². The van der Waals surface area contributed by atoms with Gasteiger partial charge in [-0.3, -0.25) is 0 Å². The van der Waals surface area contributed by atoms with Gasteiger partial charge in [-0.25, -0.2) is 0 Å². The molecule has 0 aliphatic rings. The predicted molar refractivity (Wildman–Crippen MR) is 213 cm³/mol. The van der Waals surface area contributed by atoms with Crippen molar-refractivity contribution in [2.24, 2.45) is 0 Å². The number of hydrogen-bond acceptors (Lipinski definition) is 3. The molecule has 0 bridgehead atoms. The molecule has 0 spiro atoms. The van der Waals surface area contributed by atoms with E-state index >= 15 is 0 Å². The van der Waals surface area contributed by atoms with Gasteiger partial charge in [0.15, 0.2) is 0 Å². The third-order valence-electron chi connectivity index (χ3n) is 10.2. The average Bonchev–Trinajstić information content (AvgIpc) is 3.85. The normalized spacial score (nSPS) is 12.0. The van der Waals surface area contributed by atoms with Crippen molar-refractivity contribution in [3.8, 4) is 5.69 Å². The summed E-state index contributed by atoms with van der Waals surface area (Å²) in [4.78, 5) is 2.46. The van der Waals surface area contributed by atoms with E-state index < -0.39 is 0 Å². The van der Waals surface area contributed by atoms with E-state index in [-0.39, 0.29) is 0 Å². The third kappa shape index (κ3) is 3.91. The van der Waals surface area contributed by atoms with E-state index in [0.29, 0.717) is 0 Å². The summed E-state index contributed by atoms with van der Waals surface area (Å²) < 4.78 is 11.6. The Kier molecular flexibility index (Phi) is 5.83. The first-order valence-electron chi connectivity index (χ1n) is 16.9. The summed E-state index contributed by atoms with van der Waals surface area (Å²) in [6, 6.07) is 61.3. The Morgan fingerprint density at radius 1 is 0.420 bits per heavy atom. The van der Waals surface area contributed by atoms with Crippen molar-refractivity contribution in [1.82, 2.24) is 4.57 Å². The molecule has 11 rings (SSSR count). The van der Waals surface area contributed by atoms with Gasteiger partial charge in [-0.15, -0.1) is 11.3 Å². The molecule has 3 aromatic heterocycles. The van der Waals surface area contributed by atoms with Crippen molar-refractivity contribution in [3.05, 3.63) is 170 Å². The SMILES string of the molecule is c1ccc(-n2c3ccccc3c3c(N(c4ccc5sc6ccccc6c5c4)c4cc5oc6ccccc6c5c5ccccc45)cccc32)cc1. The van der Waals surface area contributed by atoms with Gasteiger partial charge in [0.1, 0.15) is 11.2 Å². The topological polar surface area (TPSA) is 21.3 Å². The monoisotopic (exact) mass is 656 g/mol. The fourth-order valence-corrected chi connectivity index (χ4v) is 9.14. The maximum absolute atomic E-state index is 6.63. The highest BCUT2D eigenvalue weighted by molar-refractivity contribution is 7.25. The van der Waals surface area contributed by atoms with E-state index in [4.69, 9.17) is 4.42 Å². The number of benzene rings is 8. The molecular weight excluding hydrogens is 629 g/mol. The summed E-state index contributed by atoms with van der Waals surface area (Å²) in [5.41, 5.74) is 8.56. The van der Waals surface area contributed by atoms with Crippen molar-refractivity contribution in [3.63, 3.8) is 0 Å². The van der Waals surface area contributed by atoms with Crippen molar-refractivity contribution in [2.45, 2.75) is 0 Å². The van der Waals surface area contributed by atoms with Crippen LogP contribution in [0.15, 0.2) is 174 Å². The van der Waals surface area contributed by atoms with Crippen LogP contribution in [0, 0.1) is 0 Å². The number of fused-ring (bicyclic) bond motifs is 11. The highest BCUT2D eigenvalue weighted by atomic mass is 32.1. The Morgan fingerprint density at radius 2 is 1.10 bits per heavy atom. The van der Waals surface area contributed by atoms with Crippen molar-refractivity contribution >= 4 is 103 Å². The second kappa shape index (κ2) is 10.6. The smallest absolute Gasteiger partial charge is 0.138 e. The summed E-state index contributed by atoms with van der Waals surface area (Å²) in [7, 11) is 0. The fraction of sp³-hybridized carbons (Fsp3) is 0. The van der Waals surface area contributed by atoms with Crippen LogP contribution < -0.4 is 4.90 Å². The largest absolute Gasteiger partial charge is 0.456 e. The van der Waals surface area contributed by atoms with Crippen LogP contribution in [0.3, 0.4) is 0 Å². The van der Waals surface area contributed by atoms with Gasteiger partial charge in [0.25, 0.3) is 0 Å². The lowest BCUT2D eigenvalue weighted by Crippen LogP contribution is -2.11. The van der Waals surface area contributed by atoms with Crippen LogP contribution in [-0.2, 0) is 0 Å². The average molecular weight is 657 g/mol. The maximum atomic E-state index is 6.63. The Hall–Kier alpha value is -6.36. The Morgan fingerprint density at radius 3 is 1.98 bits per heavy atom. The van der Waals surface area contributed by atoms with E-state index in [1.165, 1.54) is 47.2 Å². The number of furan rings is 1. The molecule has 0 fully saturated rings. The summed E-state index contributed by atoms with van der Waals surface area (Å²) in [6.07, 6.45) is 0. The van der Waals surface area contributed by atoms with E-state index in [2.05, 4.69) is 173 Å². The molecule has 0 N–H and O–H groups in total. The van der Waals surface area contributed by atoms with Gasteiger partial charge in [-0.2, -0.15) is 0 Å². The molecule has 0 aliphatic heterocycles. The minimum absolute atomic E-state index is 0.880. The summed E-state index contributed by atoms with van der Waals surface area (Å²) in [6.45, 7) is 0. The molecule has 50 heavy (non-hydrogen) atoms. The molecule has 0 saturated carbocycles. The third-order valence-corrected chi connectivity index (χ3v) is 11.3. The first kappa shape index (κ1) is 27.6. The zero-order chi connectivity index (χ0) is 32.8. The highest BCUT2D eigenvalue weighted by Crippen LogP contribution is 2.49. The van der Waals surface area contributed by atoms with Crippen LogP contribution in [0.2, 0.25) is 0 Å². The number of thiophene rings is 1. The molecular formula is C46H28N2OS. The van der Waals surface area contributed by atoms with Crippen molar-refractivity contribution in [2.75, 3.05) is 4.90 Å². The molecule has 0 amide bonds. The molecule has 3 nitrogen and oxygen atoms in total. The number of aromatic nitrogens is 1. The lowest BCUT2D eigenvalue weighted by molar-refractivity contribution is 0.669. The Labute approximate surface area is 291 Å². The quantitative estimate of drug-likeness (QED) is 0.188. The van der Waals surface area contributed by atoms with E-state index in [9.17, 15) is 0 Å². The molecule has 0 unspecified atom stereocenters.